The largest absolute Gasteiger partial charge is 0.353 e. The lowest BCUT2D eigenvalue weighted by molar-refractivity contribution is 0.112. The van der Waals surface area contributed by atoms with Crippen LogP contribution in [-0.4, -0.2) is 43.9 Å². The summed E-state index contributed by atoms with van der Waals surface area (Å²) in [4.78, 5) is 13.0. The van der Waals surface area contributed by atoms with E-state index in [1.54, 1.807) is 30.8 Å². The predicted octanol–water partition coefficient (Wildman–Crippen LogP) is 1.81. The molecule has 6 heteroatoms. The second-order valence-corrected chi connectivity index (χ2v) is 7.95. The number of carbonyl (C=O) groups excluding carboxylic acids is 1. The fraction of sp³-hybridized carbons (Fsp3) is 0.462. The number of hydrogen-bond donors (Lipinski definition) is 0. The third kappa shape index (κ3) is 2.95. The average Bonchev–Trinajstić information content (AvgIpc) is 2.47. The Balaban J connectivity index is 2.42. The third-order valence-corrected chi connectivity index (χ3v) is 6.56. The SMILES string of the molecule is CCS(=O)(=O)C1CSCCN1c1ccccc1C=O. The molecule has 0 aliphatic carbocycles. The van der Waals surface area contributed by atoms with Crippen LogP contribution < -0.4 is 4.90 Å². The van der Waals surface area contributed by atoms with Gasteiger partial charge in [0, 0.05) is 35.1 Å². The van der Waals surface area contributed by atoms with Crippen LogP contribution in [0.1, 0.15) is 17.3 Å². The van der Waals surface area contributed by atoms with E-state index in [9.17, 15) is 13.2 Å². The highest BCUT2D eigenvalue weighted by Crippen LogP contribution is 2.29. The van der Waals surface area contributed by atoms with Crippen molar-refractivity contribution in [1.82, 2.24) is 0 Å². The van der Waals surface area contributed by atoms with E-state index in [4.69, 9.17) is 0 Å². The van der Waals surface area contributed by atoms with Crippen molar-refractivity contribution in [2.45, 2.75) is 12.3 Å². The number of nitrogens with zero attached hydrogens (tertiary/aromatic N) is 1. The molecule has 1 fully saturated rings. The van der Waals surface area contributed by atoms with Gasteiger partial charge in [-0.25, -0.2) is 8.42 Å². The van der Waals surface area contributed by atoms with Crippen LogP contribution in [0.4, 0.5) is 5.69 Å². The first-order valence-corrected chi connectivity index (χ1v) is 9.07. The maximum absolute atomic E-state index is 12.2. The molecular weight excluding hydrogens is 282 g/mol. The molecule has 0 amide bonds. The molecule has 0 saturated carbocycles. The number of carbonyl (C=O) groups is 1. The number of aldehydes is 1. The second-order valence-electron chi connectivity index (χ2n) is 4.35. The van der Waals surface area contributed by atoms with Gasteiger partial charge in [-0.15, -0.1) is 0 Å². The molecule has 0 aromatic heterocycles. The highest BCUT2D eigenvalue weighted by molar-refractivity contribution is 8.01. The van der Waals surface area contributed by atoms with Crippen LogP contribution in [-0.2, 0) is 9.84 Å². The summed E-state index contributed by atoms with van der Waals surface area (Å²) >= 11 is 1.65. The Kier molecular flexibility index (Phi) is 4.52. The normalized spacial score (nSPS) is 20.3. The van der Waals surface area contributed by atoms with Crippen LogP contribution >= 0.6 is 11.8 Å². The van der Waals surface area contributed by atoms with E-state index in [-0.39, 0.29) is 5.75 Å². The zero-order chi connectivity index (χ0) is 13.9. The van der Waals surface area contributed by atoms with Gasteiger partial charge >= 0.3 is 0 Å². The molecule has 104 valence electrons. The summed E-state index contributed by atoms with van der Waals surface area (Å²) in [5.74, 6) is 1.56. The summed E-state index contributed by atoms with van der Waals surface area (Å²) in [5, 5.41) is -0.530. The lowest BCUT2D eigenvalue weighted by Gasteiger charge is -2.37. The molecule has 2 rings (SSSR count). The summed E-state index contributed by atoms with van der Waals surface area (Å²) in [5.41, 5.74) is 1.27. The van der Waals surface area contributed by atoms with Crippen LogP contribution in [0.25, 0.3) is 0 Å². The Hall–Kier alpha value is -1.01. The summed E-state index contributed by atoms with van der Waals surface area (Å²) < 4.78 is 24.4. The van der Waals surface area contributed by atoms with Gasteiger partial charge in [0.1, 0.15) is 5.37 Å². The van der Waals surface area contributed by atoms with Gasteiger partial charge in [0.05, 0.1) is 0 Å². The first-order valence-electron chi connectivity index (χ1n) is 6.20. The zero-order valence-electron chi connectivity index (χ0n) is 10.8. The summed E-state index contributed by atoms with van der Waals surface area (Å²) in [6, 6.07) is 7.16. The first-order chi connectivity index (χ1) is 9.10. The topological polar surface area (TPSA) is 54.5 Å². The Morgan fingerprint density at radius 3 is 2.84 bits per heavy atom. The second kappa shape index (κ2) is 5.96. The molecule has 0 bridgehead atoms. The van der Waals surface area contributed by atoms with Crippen molar-refractivity contribution in [2.24, 2.45) is 0 Å². The maximum atomic E-state index is 12.2. The van der Waals surface area contributed by atoms with Crippen molar-refractivity contribution >= 4 is 33.6 Å². The molecule has 19 heavy (non-hydrogen) atoms. The summed E-state index contributed by atoms with van der Waals surface area (Å²) in [7, 11) is -3.15. The molecule has 1 aliphatic rings. The maximum Gasteiger partial charge on any atom is 0.171 e. The van der Waals surface area contributed by atoms with Gasteiger partial charge in [0.25, 0.3) is 0 Å². The van der Waals surface area contributed by atoms with Gasteiger partial charge in [-0.3, -0.25) is 4.79 Å². The molecular formula is C13H17NO3S2. The highest BCUT2D eigenvalue weighted by atomic mass is 32.2. The van der Waals surface area contributed by atoms with Gasteiger partial charge in [-0.05, 0) is 12.1 Å². The average molecular weight is 299 g/mol. The summed E-state index contributed by atoms with van der Waals surface area (Å²) in [6.07, 6.45) is 0.784. The van der Waals surface area contributed by atoms with E-state index in [1.807, 2.05) is 17.0 Å². The number of rotatable bonds is 4. The smallest absolute Gasteiger partial charge is 0.171 e. The van der Waals surface area contributed by atoms with E-state index < -0.39 is 15.2 Å². The van der Waals surface area contributed by atoms with Crippen LogP contribution in [0.15, 0.2) is 24.3 Å². The quantitative estimate of drug-likeness (QED) is 0.794. The first kappa shape index (κ1) is 14.4. The fourth-order valence-corrected chi connectivity index (χ4v) is 5.18. The van der Waals surface area contributed by atoms with E-state index in [2.05, 4.69) is 0 Å². The molecule has 1 unspecified atom stereocenters. The lowest BCUT2D eigenvalue weighted by Crippen LogP contribution is -2.48. The highest BCUT2D eigenvalue weighted by Gasteiger charge is 2.33. The van der Waals surface area contributed by atoms with Crippen LogP contribution in [0.2, 0.25) is 0 Å². The molecule has 4 nitrogen and oxygen atoms in total. The number of anilines is 1. The molecule has 1 aromatic carbocycles. The molecule has 0 spiro atoms. The van der Waals surface area contributed by atoms with Crippen LogP contribution in [0, 0.1) is 0 Å². The van der Waals surface area contributed by atoms with Gasteiger partial charge in [0.15, 0.2) is 16.1 Å². The van der Waals surface area contributed by atoms with Crippen molar-refractivity contribution < 1.29 is 13.2 Å². The van der Waals surface area contributed by atoms with Gasteiger partial charge in [0.2, 0.25) is 0 Å². The van der Waals surface area contributed by atoms with E-state index >= 15 is 0 Å². The molecule has 1 saturated heterocycles. The van der Waals surface area contributed by atoms with Crippen molar-refractivity contribution in [3.8, 4) is 0 Å². The van der Waals surface area contributed by atoms with Crippen molar-refractivity contribution in [3.05, 3.63) is 29.8 Å². The number of thioether (sulfide) groups is 1. The van der Waals surface area contributed by atoms with Crippen LogP contribution in [0.3, 0.4) is 0 Å². The molecule has 1 aromatic rings. The Bertz CT molecular complexity index is 557. The van der Waals surface area contributed by atoms with Crippen molar-refractivity contribution in [2.75, 3.05) is 28.7 Å². The minimum absolute atomic E-state index is 0.123. The number of para-hydroxylation sites is 1. The lowest BCUT2D eigenvalue weighted by atomic mass is 10.1. The molecule has 1 aliphatic heterocycles. The van der Waals surface area contributed by atoms with Crippen LogP contribution in [0.5, 0.6) is 0 Å². The molecule has 0 N–H and O–H groups in total. The van der Waals surface area contributed by atoms with Gasteiger partial charge < -0.3 is 4.90 Å². The number of sulfone groups is 1. The minimum Gasteiger partial charge on any atom is -0.353 e. The fourth-order valence-electron chi connectivity index (χ4n) is 2.20. The van der Waals surface area contributed by atoms with Gasteiger partial charge in [-0.1, -0.05) is 19.1 Å². The van der Waals surface area contributed by atoms with E-state index in [1.165, 1.54) is 0 Å². The Labute approximate surface area is 118 Å². The van der Waals surface area contributed by atoms with E-state index in [0.29, 0.717) is 17.9 Å². The third-order valence-electron chi connectivity index (χ3n) is 3.27. The van der Waals surface area contributed by atoms with Crippen molar-refractivity contribution in [3.63, 3.8) is 0 Å². The molecule has 1 atom stereocenters. The molecule has 0 radical (unpaired) electrons. The van der Waals surface area contributed by atoms with Crippen molar-refractivity contribution in [1.29, 1.82) is 0 Å². The molecule has 1 heterocycles. The zero-order valence-corrected chi connectivity index (χ0v) is 12.4. The summed E-state index contributed by atoms with van der Waals surface area (Å²) in [6.45, 7) is 2.32. The number of benzene rings is 1. The van der Waals surface area contributed by atoms with Gasteiger partial charge in [-0.2, -0.15) is 11.8 Å². The van der Waals surface area contributed by atoms with E-state index in [0.717, 1.165) is 17.7 Å². The Morgan fingerprint density at radius 2 is 2.16 bits per heavy atom. The standard InChI is InChI=1S/C13H17NO3S2/c1-2-19(16,17)13-10-18-8-7-14(13)12-6-4-3-5-11(12)9-15/h3-6,9,13H,2,7-8,10H2,1H3. The Morgan fingerprint density at radius 1 is 1.42 bits per heavy atom. The monoisotopic (exact) mass is 299 g/mol. The predicted molar refractivity (Wildman–Crippen MR) is 79.7 cm³/mol. The minimum atomic E-state index is -3.15. The number of hydrogen-bond acceptors (Lipinski definition) is 5.